The van der Waals surface area contributed by atoms with Crippen molar-refractivity contribution in [2.24, 2.45) is 17.6 Å². The summed E-state index contributed by atoms with van der Waals surface area (Å²) in [5.41, 5.74) is 11.8. The summed E-state index contributed by atoms with van der Waals surface area (Å²) in [5, 5.41) is 8.80. The maximum atomic E-state index is 8.80. The molecule has 1 atom stereocenters. The number of benzene rings is 1. The molecule has 1 saturated carbocycles. The van der Waals surface area contributed by atoms with E-state index in [0.717, 1.165) is 35.7 Å². The third-order valence-electron chi connectivity index (χ3n) is 6.11. The molecule has 3 heteroatoms. The lowest BCUT2D eigenvalue weighted by molar-refractivity contribution is 0.438. The van der Waals surface area contributed by atoms with Crippen LogP contribution in [0, 0.1) is 36.5 Å². The van der Waals surface area contributed by atoms with Crippen molar-refractivity contribution >= 4 is 11.4 Å². The van der Waals surface area contributed by atoms with Crippen LogP contribution in [0.2, 0.25) is 0 Å². The van der Waals surface area contributed by atoms with E-state index in [2.05, 4.69) is 89.6 Å². The lowest BCUT2D eigenvalue weighted by atomic mass is 9.82. The van der Waals surface area contributed by atoms with E-state index in [4.69, 9.17) is 17.6 Å². The van der Waals surface area contributed by atoms with Crippen LogP contribution in [0.5, 0.6) is 0 Å². The molecule has 3 nitrogen and oxygen atoms in total. The van der Waals surface area contributed by atoms with Gasteiger partial charge < -0.3 is 16.0 Å². The number of hydrogen-bond acceptors (Lipinski definition) is 3. The minimum atomic E-state index is -0.215. The van der Waals surface area contributed by atoms with E-state index >= 15 is 0 Å². The second-order valence-electron chi connectivity index (χ2n) is 11.1. The first-order valence-corrected chi connectivity index (χ1v) is 17.2. The van der Waals surface area contributed by atoms with Crippen LogP contribution in [0.25, 0.3) is 0 Å². The first kappa shape index (κ1) is 47.9. The number of hydrogen-bond donors (Lipinski definition) is 2. The summed E-state index contributed by atoms with van der Waals surface area (Å²) < 4.78 is 0. The molecule has 0 amide bonds. The topological polar surface area (TPSA) is 53.1 Å². The van der Waals surface area contributed by atoms with Gasteiger partial charge in [0, 0.05) is 35.6 Å². The van der Waals surface area contributed by atoms with Crippen LogP contribution in [-0.4, -0.2) is 18.8 Å². The number of rotatable bonds is 7. The van der Waals surface area contributed by atoms with E-state index in [1.54, 1.807) is 0 Å². The number of anilines is 1. The summed E-state index contributed by atoms with van der Waals surface area (Å²) in [6, 6.07) is 6.08. The zero-order valence-electron chi connectivity index (χ0n) is 31.8. The van der Waals surface area contributed by atoms with Gasteiger partial charge in [-0.3, -0.25) is 0 Å². The molecule has 44 heavy (non-hydrogen) atoms. The summed E-state index contributed by atoms with van der Waals surface area (Å²) in [6.07, 6.45) is 24.9. The molecular formula is C41H73N3. The molecule has 252 valence electrons. The molecule has 0 aliphatic heterocycles. The molecule has 1 unspecified atom stereocenters. The van der Waals surface area contributed by atoms with Crippen molar-refractivity contribution < 1.29 is 0 Å². The monoisotopic (exact) mass is 608 g/mol. The maximum absolute atomic E-state index is 8.80. The number of allylic oxidation sites excluding steroid dienone is 6. The van der Waals surface area contributed by atoms with Crippen molar-refractivity contribution in [3.63, 3.8) is 0 Å². The first-order chi connectivity index (χ1) is 20.9. The smallest absolute Gasteiger partial charge is 0.109 e. The van der Waals surface area contributed by atoms with Crippen LogP contribution in [-0.2, 0) is 0 Å². The van der Waals surface area contributed by atoms with Crippen LogP contribution < -0.4 is 10.6 Å². The first-order valence-electron chi connectivity index (χ1n) is 17.2. The second kappa shape index (κ2) is 32.9. The highest BCUT2D eigenvalue weighted by Gasteiger charge is 2.23. The molecule has 0 heterocycles. The van der Waals surface area contributed by atoms with E-state index in [1.165, 1.54) is 36.8 Å². The van der Waals surface area contributed by atoms with Gasteiger partial charge in [-0.05, 0) is 77.2 Å². The zero-order chi connectivity index (χ0) is 35.1. The number of aryl methyl sites for hydroxylation is 1. The van der Waals surface area contributed by atoms with Crippen molar-refractivity contribution in [3.05, 3.63) is 77.1 Å². The molecule has 0 spiro atoms. The summed E-state index contributed by atoms with van der Waals surface area (Å²) in [6.45, 7) is 28.9. The number of nitrogens with two attached hydrogens (primary N) is 1. The highest BCUT2D eigenvalue weighted by molar-refractivity contribution is 6.04. The van der Waals surface area contributed by atoms with E-state index in [-0.39, 0.29) is 6.04 Å². The Labute approximate surface area is 276 Å². The Kier molecular flexibility index (Phi) is 35.9. The highest BCUT2D eigenvalue weighted by atomic mass is 15.1. The van der Waals surface area contributed by atoms with Crippen molar-refractivity contribution in [1.29, 1.82) is 5.41 Å². The fourth-order valence-corrected chi connectivity index (χ4v) is 3.88. The fraction of sp³-hybridized carbons (Fsp3) is 0.585. The Morgan fingerprint density at radius 1 is 1.00 bits per heavy atom. The molecule has 3 N–H and O–H groups in total. The van der Waals surface area contributed by atoms with Gasteiger partial charge in [-0.25, -0.2) is 0 Å². The quantitative estimate of drug-likeness (QED) is 0.184. The molecule has 1 aliphatic carbocycles. The minimum absolute atomic E-state index is 0.215. The lowest BCUT2D eigenvalue weighted by Gasteiger charge is -2.29. The standard InChI is InChI=1S/C23H31N3.C7H12.C4H10.C3H8.2C2H6/c1-5-19(24)13-14-20(6-2)26(4)22-16-17(3)12-15-21(22)23(25)18-10-8-7-9-11-18;1-4-6-7(3)5-2;1-4(2)3;1-3-2;2*1-2/h2,5,12-16,18,20,25H,7-11,24H2,1,3-4H3;4-6H,1-3H3;4H,1-3H3;3H2,1-2H3;2*1-2H3/b14-13-,19-5+,25-23?;6-4-,7-5-;;;;. The summed E-state index contributed by atoms with van der Waals surface area (Å²) in [5.74, 6) is 4.02. The molecule has 2 rings (SSSR count). The molecule has 1 aliphatic rings. The number of nitrogens with zero attached hydrogens (tertiary/aromatic N) is 1. The van der Waals surface area contributed by atoms with Gasteiger partial charge in [0.2, 0.25) is 0 Å². The van der Waals surface area contributed by atoms with Crippen LogP contribution in [0.4, 0.5) is 5.69 Å². The molecule has 0 saturated heterocycles. The fourth-order valence-electron chi connectivity index (χ4n) is 3.88. The molecule has 0 bridgehead atoms. The van der Waals surface area contributed by atoms with E-state index in [9.17, 15) is 0 Å². The molecule has 1 fully saturated rings. The Morgan fingerprint density at radius 3 is 1.89 bits per heavy atom. The van der Waals surface area contributed by atoms with Crippen molar-refractivity contribution in [3.8, 4) is 12.3 Å². The van der Waals surface area contributed by atoms with Gasteiger partial charge in [0.05, 0.1) is 0 Å². The lowest BCUT2D eigenvalue weighted by Crippen LogP contribution is -2.31. The van der Waals surface area contributed by atoms with Crippen molar-refractivity contribution in [2.45, 2.75) is 141 Å². The van der Waals surface area contributed by atoms with E-state index < -0.39 is 0 Å². The average molecular weight is 608 g/mol. The Morgan fingerprint density at radius 2 is 1.50 bits per heavy atom. The van der Waals surface area contributed by atoms with E-state index in [0.29, 0.717) is 11.6 Å². The highest BCUT2D eigenvalue weighted by Crippen LogP contribution is 2.31. The van der Waals surface area contributed by atoms with Gasteiger partial charge >= 0.3 is 0 Å². The van der Waals surface area contributed by atoms with Gasteiger partial charge in [0.15, 0.2) is 0 Å². The van der Waals surface area contributed by atoms with Crippen LogP contribution >= 0.6 is 0 Å². The SMILES string of the molecule is C#CC(/C=C\C(N)=C/C)N(C)c1cc(C)ccc1C(=N)C1CCCCC1.C/C=C\C(C)=C/C.CC.CC.CC(C)C.CCC. The maximum Gasteiger partial charge on any atom is 0.109 e. The van der Waals surface area contributed by atoms with Crippen LogP contribution in [0.1, 0.15) is 140 Å². The second-order valence-corrected chi connectivity index (χ2v) is 11.1. The van der Waals surface area contributed by atoms with E-state index in [1.807, 2.05) is 79.8 Å². The average Bonchev–Trinajstić information content (AvgIpc) is 3.03. The van der Waals surface area contributed by atoms with Crippen LogP contribution in [0.3, 0.4) is 0 Å². The number of nitrogens with one attached hydrogen (secondary N) is 1. The van der Waals surface area contributed by atoms with Gasteiger partial charge in [-0.2, -0.15) is 0 Å². The predicted molar refractivity (Wildman–Crippen MR) is 206 cm³/mol. The number of likely N-dealkylation sites (N-methyl/N-ethyl adjacent to an activating group) is 1. The third-order valence-corrected chi connectivity index (χ3v) is 6.11. The summed E-state index contributed by atoms with van der Waals surface area (Å²) in [4.78, 5) is 2.07. The van der Waals surface area contributed by atoms with Gasteiger partial charge in [-0.1, -0.05) is 136 Å². The van der Waals surface area contributed by atoms with Crippen molar-refractivity contribution in [2.75, 3.05) is 11.9 Å². The number of terminal acetylenes is 1. The third kappa shape index (κ3) is 24.5. The molecule has 0 radical (unpaired) electrons. The Bertz CT molecular complexity index is 977. The molecule has 1 aromatic rings. The molecule has 1 aromatic carbocycles. The normalized spacial score (nSPS) is 13.7. The Balaban J connectivity index is -0.000000367. The zero-order valence-corrected chi connectivity index (χ0v) is 31.8. The minimum Gasteiger partial charge on any atom is -0.399 e. The van der Waals surface area contributed by atoms with Gasteiger partial charge in [0.25, 0.3) is 0 Å². The van der Waals surface area contributed by atoms with Gasteiger partial charge in [0.1, 0.15) is 6.04 Å². The molecule has 0 aromatic heterocycles. The summed E-state index contributed by atoms with van der Waals surface area (Å²) in [7, 11) is 1.99. The Hall–Kier alpha value is -2.99. The molecular weight excluding hydrogens is 534 g/mol. The van der Waals surface area contributed by atoms with Gasteiger partial charge in [-0.15, -0.1) is 6.42 Å². The predicted octanol–water partition coefficient (Wildman–Crippen LogP) is 12.5. The van der Waals surface area contributed by atoms with Crippen LogP contribution in [0.15, 0.2) is 65.9 Å². The largest absolute Gasteiger partial charge is 0.399 e. The van der Waals surface area contributed by atoms with Crippen molar-refractivity contribution in [1.82, 2.24) is 0 Å². The summed E-state index contributed by atoms with van der Waals surface area (Å²) >= 11 is 0.